The zero-order chi connectivity index (χ0) is 20.1. The van der Waals surface area contributed by atoms with E-state index < -0.39 is 0 Å². The highest BCUT2D eigenvalue weighted by molar-refractivity contribution is 5.77. The largest absolute Gasteiger partial charge is 0.394 e. The summed E-state index contributed by atoms with van der Waals surface area (Å²) in [5, 5.41) is 12.6. The molecule has 1 aliphatic rings. The number of rotatable bonds is 4. The molecule has 0 bridgehead atoms. The van der Waals surface area contributed by atoms with Gasteiger partial charge in [-0.2, -0.15) is 0 Å². The molecule has 2 aromatic carbocycles. The molecule has 2 heterocycles. The van der Waals surface area contributed by atoms with Crippen LogP contribution in [0.4, 0.5) is 0 Å². The molecule has 0 radical (unpaired) electrons. The monoisotopic (exact) mass is 377 g/mol. The fourth-order valence-electron chi connectivity index (χ4n) is 3.78. The lowest BCUT2D eigenvalue weighted by atomic mass is 9.81. The number of aromatic nitrogens is 2. The average Bonchev–Trinajstić information content (AvgIpc) is 3.41. The van der Waals surface area contributed by atoms with E-state index in [4.69, 9.17) is 4.98 Å². The number of aliphatic hydroxyl groups is 1. The third-order valence-electron chi connectivity index (χ3n) is 5.92. The minimum atomic E-state index is -0.131. The fourth-order valence-corrected chi connectivity index (χ4v) is 3.78. The minimum absolute atomic E-state index is 0.0117. The summed E-state index contributed by atoms with van der Waals surface area (Å²) in [4.78, 5) is 18.4. The van der Waals surface area contributed by atoms with Crippen molar-refractivity contribution in [2.75, 3.05) is 11.6 Å². The Morgan fingerprint density at radius 1 is 1.07 bits per heavy atom. The van der Waals surface area contributed by atoms with Crippen molar-refractivity contribution in [1.82, 2.24) is 9.66 Å². The van der Waals surface area contributed by atoms with Crippen molar-refractivity contribution >= 4 is 10.9 Å². The van der Waals surface area contributed by atoms with Gasteiger partial charge in [-0.1, -0.05) is 70.2 Å². The standard InChI is InChI=1S/C23H27N3O2/c1-15(23(2,3)4)21-24-18-13-9-8-12-17(18)22(28)26(21)25-19(14-27)20(25)16-10-6-5-7-11-16/h5-13,15,19-20,27H,14H2,1-4H3/t15-,19-,20-,25?/m1/s1. The van der Waals surface area contributed by atoms with Gasteiger partial charge in [-0.15, -0.1) is 0 Å². The highest BCUT2D eigenvalue weighted by atomic mass is 16.3. The Kier molecular flexibility index (Phi) is 4.50. The topological polar surface area (TPSA) is 58.1 Å². The van der Waals surface area contributed by atoms with Crippen molar-refractivity contribution in [2.24, 2.45) is 5.41 Å². The Morgan fingerprint density at radius 3 is 2.36 bits per heavy atom. The smallest absolute Gasteiger partial charge is 0.280 e. The van der Waals surface area contributed by atoms with Crippen LogP contribution in [0.5, 0.6) is 0 Å². The molecule has 146 valence electrons. The van der Waals surface area contributed by atoms with Gasteiger partial charge in [-0.05, 0) is 23.1 Å². The van der Waals surface area contributed by atoms with Crippen LogP contribution in [-0.2, 0) is 0 Å². The maximum absolute atomic E-state index is 13.5. The molecule has 0 amide bonds. The Bertz CT molecular complexity index is 1050. The minimum Gasteiger partial charge on any atom is -0.394 e. The number of aliphatic hydroxyl groups excluding tert-OH is 1. The number of hydrogen-bond donors (Lipinski definition) is 1. The van der Waals surface area contributed by atoms with Crippen molar-refractivity contribution in [3.05, 3.63) is 76.3 Å². The van der Waals surface area contributed by atoms with E-state index >= 15 is 0 Å². The number of fused-ring (bicyclic) bond motifs is 1. The summed E-state index contributed by atoms with van der Waals surface area (Å²) in [6, 6.07) is 17.4. The lowest BCUT2D eigenvalue weighted by Gasteiger charge is -2.29. The van der Waals surface area contributed by atoms with Gasteiger partial charge in [0.05, 0.1) is 29.6 Å². The Labute approximate surface area is 165 Å². The zero-order valence-corrected chi connectivity index (χ0v) is 16.8. The first-order valence-corrected chi connectivity index (χ1v) is 9.80. The molecule has 5 nitrogen and oxygen atoms in total. The van der Waals surface area contributed by atoms with Crippen LogP contribution >= 0.6 is 0 Å². The molecule has 3 atom stereocenters. The number of para-hydroxylation sites is 1. The Morgan fingerprint density at radius 2 is 1.71 bits per heavy atom. The molecule has 0 spiro atoms. The van der Waals surface area contributed by atoms with E-state index in [1.54, 1.807) is 4.68 Å². The van der Waals surface area contributed by atoms with E-state index in [1.807, 2.05) is 59.6 Å². The van der Waals surface area contributed by atoms with E-state index in [0.29, 0.717) is 10.9 Å². The van der Waals surface area contributed by atoms with Gasteiger partial charge in [0.2, 0.25) is 0 Å². The number of hydrogen-bond acceptors (Lipinski definition) is 4. The summed E-state index contributed by atoms with van der Waals surface area (Å²) in [5.41, 5.74) is 1.68. The van der Waals surface area contributed by atoms with Crippen molar-refractivity contribution in [3.63, 3.8) is 0 Å². The van der Waals surface area contributed by atoms with Crippen molar-refractivity contribution in [2.45, 2.75) is 45.7 Å². The molecule has 5 heteroatoms. The maximum Gasteiger partial charge on any atom is 0.280 e. The summed E-state index contributed by atoms with van der Waals surface area (Å²) in [6.45, 7) is 8.57. The van der Waals surface area contributed by atoms with Crippen LogP contribution in [0, 0.1) is 5.41 Å². The van der Waals surface area contributed by atoms with Crippen LogP contribution in [-0.4, -0.2) is 27.4 Å². The van der Waals surface area contributed by atoms with Crippen LogP contribution in [0.15, 0.2) is 59.4 Å². The molecule has 1 N–H and O–H groups in total. The van der Waals surface area contributed by atoms with Crippen LogP contribution in [0.25, 0.3) is 10.9 Å². The summed E-state index contributed by atoms with van der Waals surface area (Å²) in [6.07, 6.45) is 0. The van der Waals surface area contributed by atoms with Gasteiger partial charge in [0.15, 0.2) is 0 Å². The third kappa shape index (κ3) is 3.00. The molecule has 0 unspecified atom stereocenters. The van der Waals surface area contributed by atoms with Crippen molar-refractivity contribution in [3.8, 4) is 0 Å². The van der Waals surface area contributed by atoms with E-state index in [-0.39, 0.29) is 35.6 Å². The first-order chi connectivity index (χ1) is 13.3. The van der Waals surface area contributed by atoms with E-state index in [9.17, 15) is 9.90 Å². The van der Waals surface area contributed by atoms with Gasteiger partial charge < -0.3 is 5.11 Å². The van der Waals surface area contributed by atoms with Crippen molar-refractivity contribution < 1.29 is 5.11 Å². The highest BCUT2D eigenvalue weighted by Gasteiger charge is 2.51. The second kappa shape index (κ2) is 6.74. The van der Waals surface area contributed by atoms with Gasteiger partial charge >= 0.3 is 0 Å². The average molecular weight is 377 g/mol. The first-order valence-electron chi connectivity index (χ1n) is 9.80. The second-order valence-electron chi connectivity index (χ2n) is 8.68. The van der Waals surface area contributed by atoms with Gasteiger partial charge in [0, 0.05) is 5.92 Å². The predicted octanol–water partition coefficient (Wildman–Crippen LogP) is 3.60. The van der Waals surface area contributed by atoms with Crippen molar-refractivity contribution in [1.29, 1.82) is 0 Å². The Hall–Kier alpha value is -2.66. The van der Waals surface area contributed by atoms with Crippen LogP contribution in [0.2, 0.25) is 0 Å². The van der Waals surface area contributed by atoms with E-state index in [2.05, 4.69) is 27.7 Å². The maximum atomic E-state index is 13.5. The molecular weight excluding hydrogens is 350 g/mol. The van der Waals surface area contributed by atoms with Gasteiger partial charge in [0.25, 0.3) is 5.56 Å². The van der Waals surface area contributed by atoms with Crippen LogP contribution in [0.1, 0.15) is 51.0 Å². The molecule has 1 aromatic heterocycles. The summed E-state index contributed by atoms with van der Waals surface area (Å²) >= 11 is 0. The molecule has 1 saturated heterocycles. The molecule has 1 fully saturated rings. The van der Waals surface area contributed by atoms with E-state index in [0.717, 1.165) is 11.4 Å². The molecule has 0 aliphatic carbocycles. The number of benzene rings is 2. The Balaban J connectivity index is 1.93. The normalized spacial score (nSPS) is 20.4. The molecular formula is C23H27N3O2. The lowest BCUT2D eigenvalue weighted by molar-refractivity contribution is 0.291. The van der Waals surface area contributed by atoms with Gasteiger partial charge in [-0.25, -0.2) is 9.66 Å². The van der Waals surface area contributed by atoms with E-state index in [1.165, 1.54) is 0 Å². The third-order valence-corrected chi connectivity index (χ3v) is 5.92. The van der Waals surface area contributed by atoms with Gasteiger partial charge in [-0.3, -0.25) is 9.80 Å². The second-order valence-corrected chi connectivity index (χ2v) is 8.68. The summed E-state index contributed by atoms with van der Waals surface area (Å²) in [5.74, 6) is 0.800. The predicted molar refractivity (Wildman–Crippen MR) is 112 cm³/mol. The first kappa shape index (κ1) is 18.7. The molecule has 1 aliphatic heterocycles. The number of nitrogens with zero attached hydrogens (tertiary/aromatic N) is 3. The molecule has 28 heavy (non-hydrogen) atoms. The van der Waals surface area contributed by atoms with Crippen LogP contribution in [0.3, 0.4) is 0 Å². The highest BCUT2D eigenvalue weighted by Crippen LogP contribution is 2.42. The lowest BCUT2D eigenvalue weighted by Crippen LogP contribution is -2.37. The zero-order valence-electron chi connectivity index (χ0n) is 16.8. The summed E-state index contributed by atoms with van der Waals surface area (Å²) in [7, 11) is 0. The molecule has 0 saturated carbocycles. The SMILES string of the molecule is C[C@H](c1nc2ccccc2c(=O)n1N1[C@H](CO)[C@H]1c1ccccc1)C(C)(C)C. The molecule has 4 rings (SSSR count). The molecule has 3 aromatic rings. The van der Waals surface area contributed by atoms with Gasteiger partial charge in [0.1, 0.15) is 5.82 Å². The quantitative estimate of drug-likeness (QED) is 0.706. The fraction of sp³-hybridized carbons (Fsp3) is 0.391. The summed E-state index contributed by atoms with van der Waals surface area (Å²) < 4.78 is 1.72. The van der Waals surface area contributed by atoms with Crippen LogP contribution < -0.4 is 10.6 Å².